The number of hydrogen-bond donors (Lipinski definition) is 1. The Morgan fingerprint density at radius 2 is 1.94 bits per heavy atom. The Kier molecular flexibility index (Phi) is 9.81. The zero-order chi connectivity index (χ0) is 24.8. The van der Waals surface area contributed by atoms with Crippen LogP contribution in [0.5, 0.6) is 5.75 Å². The zero-order valence-electron chi connectivity index (χ0n) is 21.6. The summed E-state index contributed by atoms with van der Waals surface area (Å²) >= 11 is 0. The Morgan fingerprint density at radius 3 is 2.61 bits per heavy atom. The van der Waals surface area contributed by atoms with E-state index >= 15 is 0 Å². The molecule has 0 bridgehead atoms. The second-order valence-electron chi connectivity index (χ2n) is 10.7. The first-order valence-corrected chi connectivity index (χ1v) is 13.4. The highest BCUT2D eigenvalue weighted by molar-refractivity contribution is 5.86. The van der Waals surface area contributed by atoms with Gasteiger partial charge in [-0.2, -0.15) is 0 Å². The van der Waals surface area contributed by atoms with Gasteiger partial charge in [-0.25, -0.2) is 0 Å². The molecule has 1 aromatic heterocycles. The maximum atomic E-state index is 13.1. The number of furan rings is 1. The van der Waals surface area contributed by atoms with Crippen LogP contribution in [0, 0.1) is 23.2 Å². The number of hydrogen-bond acceptors (Lipinski definition) is 4. The molecule has 0 aliphatic heterocycles. The molecule has 2 fully saturated rings. The Hall–Kier alpha value is -2.56. The molecule has 198 valence electrons. The third-order valence-electron chi connectivity index (χ3n) is 8.85. The van der Waals surface area contributed by atoms with Gasteiger partial charge in [0.05, 0.1) is 19.6 Å². The van der Waals surface area contributed by atoms with E-state index in [0.717, 1.165) is 50.7 Å². The first-order chi connectivity index (χ1) is 17.0. The van der Waals surface area contributed by atoms with Gasteiger partial charge in [0, 0.05) is 24.8 Å². The highest BCUT2D eigenvalue weighted by atomic mass is 16.5. The van der Waals surface area contributed by atoms with Gasteiger partial charge in [-0.05, 0) is 111 Å². The lowest BCUT2D eigenvalue weighted by Gasteiger charge is -2.56. The van der Waals surface area contributed by atoms with E-state index in [-0.39, 0.29) is 18.7 Å². The van der Waals surface area contributed by atoms with Crippen molar-refractivity contribution in [1.82, 2.24) is 5.32 Å². The van der Waals surface area contributed by atoms with Crippen molar-refractivity contribution >= 4 is 11.7 Å². The van der Waals surface area contributed by atoms with Gasteiger partial charge in [-0.1, -0.05) is 20.4 Å². The van der Waals surface area contributed by atoms with Crippen LogP contribution in [0.15, 0.2) is 47.3 Å². The molecular weight excluding hydrogens is 450 g/mol. The van der Waals surface area contributed by atoms with Gasteiger partial charge in [0.1, 0.15) is 11.5 Å². The lowest BCUT2D eigenvalue weighted by molar-refractivity contribution is -0.145. The predicted octanol–water partition coefficient (Wildman–Crippen LogP) is 6.96. The molecule has 3 aliphatic carbocycles. The SMILES string of the molecule is C.CCNC(=O)CCCC1CCC(=O)C2(C)CCC3c4ccc(OC)cc4CCC3C12.c1ccoc1. The largest absolute Gasteiger partial charge is 0.497 e. The molecule has 0 radical (unpaired) electrons. The number of rotatable bonds is 6. The summed E-state index contributed by atoms with van der Waals surface area (Å²) < 4.78 is 10.0. The van der Waals surface area contributed by atoms with Gasteiger partial charge in [0.15, 0.2) is 0 Å². The fraction of sp³-hybridized carbons (Fsp3) is 0.613. The molecule has 2 aromatic rings. The van der Waals surface area contributed by atoms with E-state index in [1.165, 1.54) is 17.5 Å². The monoisotopic (exact) mass is 495 g/mol. The van der Waals surface area contributed by atoms with Crippen LogP contribution in [0.25, 0.3) is 0 Å². The van der Waals surface area contributed by atoms with Crippen molar-refractivity contribution in [2.45, 2.75) is 85.0 Å². The van der Waals surface area contributed by atoms with Crippen LogP contribution in [0.2, 0.25) is 0 Å². The molecule has 36 heavy (non-hydrogen) atoms. The average Bonchev–Trinajstić information content (AvgIpc) is 3.45. The second-order valence-corrected chi connectivity index (χ2v) is 10.7. The number of Topliss-reactive ketones (excluding diaryl/α,β-unsaturated/α-hetero) is 1. The molecule has 2 saturated carbocycles. The van der Waals surface area contributed by atoms with Crippen LogP contribution < -0.4 is 10.1 Å². The Morgan fingerprint density at radius 1 is 1.17 bits per heavy atom. The van der Waals surface area contributed by atoms with Gasteiger partial charge in [-0.3, -0.25) is 9.59 Å². The van der Waals surface area contributed by atoms with Crippen molar-refractivity contribution in [3.63, 3.8) is 0 Å². The lowest BCUT2D eigenvalue weighted by atomic mass is 9.47. The van der Waals surface area contributed by atoms with E-state index in [4.69, 9.17) is 4.74 Å². The van der Waals surface area contributed by atoms with Gasteiger partial charge >= 0.3 is 0 Å². The third-order valence-corrected chi connectivity index (χ3v) is 8.85. The number of amides is 1. The molecule has 5 unspecified atom stereocenters. The summed E-state index contributed by atoms with van der Waals surface area (Å²) in [7, 11) is 1.73. The number of carbonyl (C=O) groups is 2. The highest BCUT2D eigenvalue weighted by Gasteiger charge is 2.55. The number of ether oxygens (including phenoxy) is 1. The first-order valence-electron chi connectivity index (χ1n) is 13.4. The average molecular weight is 496 g/mol. The molecule has 0 saturated heterocycles. The summed E-state index contributed by atoms with van der Waals surface area (Å²) in [5, 5.41) is 2.92. The molecule has 1 amide bonds. The lowest BCUT2D eigenvalue weighted by Crippen LogP contribution is -2.52. The number of benzene rings is 1. The minimum atomic E-state index is -0.167. The molecule has 0 spiro atoms. The van der Waals surface area contributed by atoms with E-state index in [2.05, 4.69) is 34.9 Å². The summed E-state index contributed by atoms with van der Waals surface area (Å²) in [6, 6.07) is 10.3. The quantitative estimate of drug-likeness (QED) is 0.470. The number of fused-ring (bicyclic) bond motifs is 5. The number of ketones is 1. The summed E-state index contributed by atoms with van der Waals surface area (Å²) in [5.41, 5.74) is 2.77. The Bertz CT molecular complexity index is 967. The van der Waals surface area contributed by atoms with Gasteiger partial charge in [-0.15, -0.1) is 0 Å². The van der Waals surface area contributed by atoms with Gasteiger partial charge in [0.2, 0.25) is 5.91 Å². The molecule has 5 nitrogen and oxygen atoms in total. The molecule has 1 aromatic carbocycles. The van der Waals surface area contributed by atoms with Crippen molar-refractivity contribution in [3.8, 4) is 5.75 Å². The summed E-state index contributed by atoms with van der Waals surface area (Å²) in [6.07, 6.45) is 12.0. The van der Waals surface area contributed by atoms with Crippen LogP contribution in [0.3, 0.4) is 0 Å². The van der Waals surface area contributed by atoms with Crippen molar-refractivity contribution < 1.29 is 18.7 Å². The van der Waals surface area contributed by atoms with Gasteiger partial charge in [0.25, 0.3) is 0 Å². The first kappa shape index (κ1) is 28.0. The summed E-state index contributed by atoms with van der Waals surface area (Å²) in [4.78, 5) is 25.0. The Labute approximate surface area is 217 Å². The third kappa shape index (κ3) is 5.87. The molecule has 1 heterocycles. The molecular formula is C31H45NO4. The number of nitrogens with one attached hydrogen (secondary N) is 1. The maximum Gasteiger partial charge on any atom is 0.219 e. The van der Waals surface area contributed by atoms with Crippen LogP contribution in [-0.4, -0.2) is 25.3 Å². The summed E-state index contributed by atoms with van der Waals surface area (Å²) in [5.74, 6) is 3.78. The standard InChI is InChI=1S/C26H37NO3.C4H4O.CH4/c1-4-27-24(29)7-5-6-17-9-13-23(28)26(2)15-14-21-20-12-10-19(30-3)16-18(20)8-11-22(21)25(17)26;1-2-4-5-3-1;/h10,12,16-17,21-22,25H,4-9,11,13-15H2,1-3H3,(H,27,29);1-4H;1H4. The van der Waals surface area contributed by atoms with Crippen molar-refractivity contribution in [2.24, 2.45) is 23.2 Å². The van der Waals surface area contributed by atoms with E-state index in [9.17, 15) is 9.59 Å². The van der Waals surface area contributed by atoms with E-state index in [1.807, 2.05) is 19.1 Å². The molecule has 1 N–H and O–H groups in total. The predicted molar refractivity (Wildman–Crippen MR) is 144 cm³/mol. The van der Waals surface area contributed by atoms with E-state index in [0.29, 0.717) is 42.4 Å². The number of carbonyl (C=O) groups excluding carboxylic acids is 2. The van der Waals surface area contributed by atoms with Crippen LogP contribution in [0.4, 0.5) is 0 Å². The van der Waals surface area contributed by atoms with Crippen LogP contribution >= 0.6 is 0 Å². The van der Waals surface area contributed by atoms with Crippen molar-refractivity contribution in [1.29, 1.82) is 0 Å². The van der Waals surface area contributed by atoms with Crippen LogP contribution in [0.1, 0.15) is 89.7 Å². The second kappa shape index (κ2) is 12.6. The number of aryl methyl sites for hydroxylation is 1. The maximum absolute atomic E-state index is 13.1. The van der Waals surface area contributed by atoms with Crippen LogP contribution in [-0.2, 0) is 16.0 Å². The van der Waals surface area contributed by atoms with E-state index in [1.54, 1.807) is 19.6 Å². The van der Waals surface area contributed by atoms with E-state index < -0.39 is 0 Å². The minimum Gasteiger partial charge on any atom is -0.497 e. The summed E-state index contributed by atoms with van der Waals surface area (Å²) in [6.45, 7) is 4.93. The number of methoxy groups -OCH3 is 1. The highest BCUT2D eigenvalue weighted by Crippen LogP contribution is 2.60. The molecule has 5 rings (SSSR count). The fourth-order valence-electron chi connectivity index (χ4n) is 7.27. The van der Waals surface area contributed by atoms with Gasteiger partial charge < -0.3 is 14.5 Å². The smallest absolute Gasteiger partial charge is 0.219 e. The van der Waals surface area contributed by atoms with Crippen molar-refractivity contribution in [2.75, 3.05) is 13.7 Å². The topological polar surface area (TPSA) is 68.5 Å². The molecule has 5 atom stereocenters. The zero-order valence-corrected chi connectivity index (χ0v) is 21.6. The fourth-order valence-corrected chi connectivity index (χ4v) is 7.27. The van der Waals surface area contributed by atoms with Crippen molar-refractivity contribution in [3.05, 3.63) is 54.0 Å². The normalized spacial score (nSPS) is 28.2. The molecule has 3 aliphatic rings. The Balaban J connectivity index is 0.000000538. The minimum absolute atomic E-state index is 0. The molecule has 5 heteroatoms.